The average Bonchev–Trinajstić information content (AvgIpc) is 3.56. The molecule has 229 valence electrons. The van der Waals surface area contributed by atoms with Crippen molar-refractivity contribution in [2.75, 3.05) is 0 Å². The summed E-state index contributed by atoms with van der Waals surface area (Å²) in [5.74, 6) is 0. The van der Waals surface area contributed by atoms with Crippen LogP contribution in [-0.2, 0) is 0 Å². The SMILES string of the molecule is [Ge][c]1ccccc1-c1ccccc1-c1cccc2c(-c3cccc4ccccc34)c3cccc(-c4ccc[c]5c4-c4cccc[c]4[Ge]5)c3cc12. The number of fused-ring (bicyclic) bond motifs is 6. The molecular weight excluding hydrogens is 722 g/mol. The third-order valence-electron chi connectivity index (χ3n) is 10.4. The van der Waals surface area contributed by atoms with E-state index in [0.29, 0.717) is 0 Å². The fourth-order valence-corrected chi connectivity index (χ4v) is 11.7. The molecule has 0 amide bonds. The Kier molecular flexibility index (Phi) is 7.15. The standard InChI is InChI=1S/C48H29Ge2/c49-44-26-7-5-18-36(44)33-17-4-3-16-32(33)34-20-10-23-39-42(34)29-43-35(38-25-12-28-46-48(38)41-19-6-8-27-45(41)50-46)21-11-24-40(43)47(39)37-22-9-14-30-13-1-2-15-31(30)37/h1-29H. The molecular formula is C48H29Ge2. The topological polar surface area (TPSA) is 0 Å². The van der Waals surface area contributed by atoms with E-state index in [4.69, 9.17) is 0 Å². The first kappa shape index (κ1) is 29.7. The predicted octanol–water partition coefficient (Wildman–Crippen LogP) is 10.2. The van der Waals surface area contributed by atoms with E-state index in [1.807, 2.05) is 0 Å². The van der Waals surface area contributed by atoms with Gasteiger partial charge in [0, 0.05) is 0 Å². The van der Waals surface area contributed by atoms with Gasteiger partial charge in [-0.15, -0.1) is 0 Å². The molecule has 0 saturated carbocycles. The van der Waals surface area contributed by atoms with Crippen LogP contribution in [0.4, 0.5) is 0 Å². The van der Waals surface area contributed by atoms with Crippen molar-refractivity contribution >= 4 is 77.5 Å². The molecule has 0 nitrogen and oxygen atoms in total. The van der Waals surface area contributed by atoms with Gasteiger partial charge in [0.1, 0.15) is 0 Å². The Hall–Kier alpha value is -5.15. The number of rotatable bonds is 4. The van der Waals surface area contributed by atoms with Crippen molar-refractivity contribution in [3.63, 3.8) is 0 Å². The van der Waals surface area contributed by atoms with Crippen molar-refractivity contribution in [1.82, 2.24) is 0 Å². The molecule has 1 heterocycles. The van der Waals surface area contributed by atoms with Crippen molar-refractivity contribution in [1.29, 1.82) is 0 Å². The van der Waals surface area contributed by atoms with E-state index in [1.54, 1.807) is 0 Å². The van der Waals surface area contributed by atoms with Crippen LogP contribution in [0.15, 0.2) is 176 Å². The van der Waals surface area contributed by atoms with Crippen LogP contribution < -0.4 is 13.2 Å². The van der Waals surface area contributed by atoms with E-state index in [1.165, 1.54) is 101 Å². The average molecular weight is 751 g/mol. The van der Waals surface area contributed by atoms with Gasteiger partial charge in [-0.3, -0.25) is 0 Å². The van der Waals surface area contributed by atoms with Crippen molar-refractivity contribution in [3.05, 3.63) is 176 Å². The van der Waals surface area contributed by atoms with Crippen molar-refractivity contribution in [3.8, 4) is 55.6 Å². The Balaban J connectivity index is 1.35. The molecule has 5 radical (unpaired) electrons. The minimum absolute atomic E-state index is 0.370. The van der Waals surface area contributed by atoms with Gasteiger partial charge in [0.05, 0.1) is 0 Å². The van der Waals surface area contributed by atoms with E-state index < -0.39 is 0 Å². The van der Waals surface area contributed by atoms with E-state index in [0.717, 1.165) is 0 Å². The molecule has 0 aromatic heterocycles. The number of hydrogen-bond acceptors (Lipinski definition) is 0. The van der Waals surface area contributed by atoms with E-state index in [9.17, 15) is 0 Å². The molecule has 0 bridgehead atoms. The molecule has 2 heteroatoms. The Morgan fingerprint density at radius 2 is 0.780 bits per heavy atom. The second-order valence-corrected chi connectivity index (χ2v) is 17.0. The molecule has 9 aromatic rings. The van der Waals surface area contributed by atoms with Gasteiger partial charge in [-0.05, 0) is 0 Å². The predicted molar refractivity (Wildman–Crippen MR) is 217 cm³/mol. The van der Waals surface area contributed by atoms with Gasteiger partial charge in [-0.2, -0.15) is 0 Å². The third-order valence-corrected chi connectivity index (χ3v) is 14.2. The molecule has 0 spiro atoms. The Morgan fingerprint density at radius 3 is 1.56 bits per heavy atom. The second kappa shape index (κ2) is 12.0. The number of hydrogen-bond donors (Lipinski definition) is 0. The van der Waals surface area contributed by atoms with Crippen LogP contribution >= 0.6 is 0 Å². The van der Waals surface area contributed by atoms with Gasteiger partial charge in [-0.25, -0.2) is 0 Å². The quantitative estimate of drug-likeness (QED) is 0.124. The summed E-state index contributed by atoms with van der Waals surface area (Å²) >= 11 is 1.85. The summed E-state index contributed by atoms with van der Waals surface area (Å²) in [6.45, 7) is 0. The molecule has 50 heavy (non-hydrogen) atoms. The van der Waals surface area contributed by atoms with Crippen LogP contribution in [0.1, 0.15) is 0 Å². The van der Waals surface area contributed by atoms with E-state index >= 15 is 0 Å². The first-order valence-corrected chi connectivity index (χ1v) is 20.3. The molecule has 9 aromatic carbocycles. The molecule has 0 saturated heterocycles. The molecule has 1 aliphatic rings. The summed E-state index contributed by atoms with van der Waals surface area (Å²) in [4.78, 5) is 0. The summed E-state index contributed by atoms with van der Waals surface area (Å²) in [5.41, 5.74) is 13.1. The van der Waals surface area contributed by atoms with Gasteiger partial charge >= 0.3 is 309 Å². The molecule has 0 N–H and O–H groups in total. The van der Waals surface area contributed by atoms with Gasteiger partial charge in [0.25, 0.3) is 0 Å². The molecule has 0 fully saturated rings. The Bertz CT molecular complexity index is 2800. The van der Waals surface area contributed by atoms with E-state index in [2.05, 4.69) is 192 Å². The minimum atomic E-state index is -0.370. The zero-order chi connectivity index (χ0) is 33.2. The van der Waals surface area contributed by atoms with Gasteiger partial charge < -0.3 is 0 Å². The molecule has 0 atom stereocenters. The van der Waals surface area contributed by atoms with Crippen LogP contribution in [0.25, 0.3) is 88.0 Å². The Labute approximate surface area is 307 Å². The Morgan fingerprint density at radius 1 is 0.300 bits per heavy atom. The summed E-state index contributed by atoms with van der Waals surface area (Å²) in [7, 11) is 0. The van der Waals surface area contributed by atoms with Crippen LogP contribution in [0.5, 0.6) is 0 Å². The zero-order valence-corrected chi connectivity index (χ0v) is 31.4. The van der Waals surface area contributed by atoms with Gasteiger partial charge in [-0.1, -0.05) is 0 Å². The van der Waals surface area contributed by atoms with Gasteiger partial charge in [0.15, 0.2) is 0 Å². The van der Waals surface area contributed by atoms with Gasteiger partial charge in [0.2, 0.25) is 0 Å². The van der Waals surface area contributed by atoms with Crippen molar-refractivity contribution in [2.45, 2.75) is 0 Å². The number of benzene rings is 9. The molecule has 10 rings (SSSR count). The first-order chi connectivity index (χ1) is 24.7. The first-order valence-electron chi connectivity index (χ1n) is 17.1. The normalized spacial score (nSPS) is 12.0. The second-order valence-electron chi connectivity index (χ2n) is 13.1. The monoisotopic (exact) mass is 753 g/mol. The maximum absolute atomic E-state index is 2.50. The summed E-state index contributed by atoms with van der Waals surface area (Å²) in [5, 5.41) is 7.67. The fourth-order valence-electron chi connectivity index (χ4n) is 8.17. The van der Waals surface area contributed by atoms with Crippen molar-refractivity contribution < 1.29 is 0 Å². The summed E-state index contributed by atoms with van der Waals surface area (Å²) < 4.78 is 4.35. The van der Waals surface area contributed by atoms with Crippen molar-refractivity contribution in [2.24, 2.45) is 0 Å². The fraction of sp³-hybridized carbons (Fsp3) is 0. The summed E-state index contributed by atoms with van der Waals surface area (Å²) in [6.07, 6.45) is 0. The van der Waals surface area contributed by atoms with Crippen LogP contribution in [-0.4, -0.2) is 31.9 Å². The molecule has 1 aliphatic heterocycles. The maximum atomic E-state index is 2.50. The van der Waals surface area contributed by atoms with Crippen LogP contribution in [0.3, 0.4) is 0 Å². The van der Waals surface area contributed by atoms with Crippen LogP contribution in [0.2, 0.25) is 0 Å². The molecule has 0 aliphatic carbocycles. The third kappa shape index (κ3) is 4.66. The van der Waals surface area contributed by atoms with E-state index in [-0.39, 0.29) is 15.4 Å². The molecule has 0 unspecified atom stereocenters. The van der Waals surface area contributed by atoms with Crippen LogP contribution in [0, 0.1) is 0 Å². The zero-order valence-electron chi connectivity index (χ0n) is 27.2. The summed E-state index contributed by atoms with van der Waals surface area (Å²) in [6, 6.07) is 65.7.